The number of nitrogens with one attached hydrogen (secondary N) is 2. The highest BCUT2D eigenvalue weighted by Gasteiger charge is 2.36. The molecule has 0 saturated carbocycles. The van der Waals surface area contributed by atoms with Gasteiger partial charge in [0.25, 0.3) is 0 Å². The first-order valence-electron chi connectivity index (χ1n) is 6.47. The van der Waals surface area contributed by atoms with Gasteiger partial charge in [-0.3, -0.25) is 4.79 Å². The second kappa shape index (κ2) is 5.77. The zero-order chi connectivity index (χ0) is 15.6. The van der Waals surface area contributed by atoms with E-state index in [2.05, 4.69) is 15.4 Å². The minimum atomic E-state index is -1.04. The van der Waals surface area contributed by atoms with Crippen LogP contribution < -0.4 is 10.6 Å². The Morgan fingerprint density at radius 3 is 2.62 bits per heavy atom. The minimum absolute atomic E-state index is 0.241. The third-order valence-electron chi connectivity index (χ3n) is 3.63. The Morgan fingerprint density at radius 2 is 2.05 bits per heavy atom. The summed E-state index contributed by atoms with van der Waals surface area (Å²) in [5.41, 5.74) is -1.33. The number of carbonyl (C=O) groups is 2. The van der Waals surface area contributed by atoms with Gasteiger partial charge in [-0.15, -0.1) is 0 Å². The Hall–Kier alpha value is -2.02. The summed E-state index contributed by atoms with van der Waals surface area (Å²) in [6.07, 6.45) is 0.617. The highest BCUT2D eigenvalue weighted by molar-refractivity contribution is 5.97. The molecule has 1 unspecified atom stereocenters. The zero-order valence-corrected chi connectivity index (χ0v) is 11.8. The van der Waals surface area contributed by atoms with Crippen LogP contribution in [-0.2, 0) is 9.53 Å². The summed E-state index contributed by atoms with van der Waals surface area (Å²) in [6.45, 7) is 2.93. The maximum atomic E-state index is 13.7. The zero-order valence-electron chi connectivity index (χ0n) is 11.8. The van der Waals surface area contributed by atoms with Crippen molar-refractivity contribution in [3.63, 3.8) is 0 Å². The summed E-state index contributed by atoms with van der Waals surface area (Å²) in [5, 5.41) is 5.46. The fourth-order valence-electron chi connectivity index (χ4n) is 2.20. The van der Waals surface area contributed by atoms with Gasteiger partial charge in [0, 0.05) is 12.6 Å². The number of ether oxygens (including phenoxy) is 1. The maximum Gasteiger partial charge on any atom is 0.340 e. The average molecular weight is 298 g/mol. The van der Waals surface area contributed by atoms with Crippen molar-refractivity contribution in [2.24, 2.45) is 5.41 Å². The average Bonchev–Trinajstić information content (AvgIpc) is 2.89. The monoisotopic (exact) mass is 298 g/mol. The molecule has 21 heavy (non-hydrogen) atoms. The highest BCUT2D eigenvalue weighted by Crippen LogP contribution is 2.28. The predicted octanol–water partition coefficient (Wildman–Crippen LogP) is 1.69. The number of hydrogen-bond acceptors (Lipinski definition) is 4. The Bertz CT molecular complexity index is 584. The SMILES string of the molecule is COC(=O)c1cc(NC(=O)C2(C)CCNC2)c(F)cc1F. The maximum absolute atomic E-state index is 13.7. The first-order chi connectivity index (χ1) is 9.87. The number of anilines is 1. The fourth-order valence-corrected chi connectivity index (χ4v) is 2.20. The van der Waals surface area contributed by atoms with Gasteiger partial charge < -0.3 is 15.4 Å². The molecule has 1 aliphatic rings. The van der Waals surface area contributed by atoms with Crippen molar-refractivity contribution in [2.45, 2.75) is 13.3 Å². The number of carbonyl (C=O) groups excluding carboxylic acids is 2. The van der Waals surface area contributed by atoms with Crippen LogP contribution in [0.5, 0.6) is 0 Å². The first-order valence-corrected chi connectivity index (χ1v) is 6.47. The molecule has 1 aromatic carbocycles. The lowest BCUT2D eigenvalue weighted by atomic mass is 9.88. The summed E-state index contributed by atoms with van der Waals surface area (Å²) in [4.78, 5) is 23.6. The summed E-state index contributed by atoms with van der Waals surface area (Å²) in [6, 6.07) is 1.50. The number of rotatable bonds is 3. The normalized spacial score (nSPS) is 21.1. The standard InChI is InChI=1S/C14H16F2N2O3/c1-14(3-4-17-7-14)13(20)18-11-5-8(12(19)21-2)9(15)6-10(11)16/h5-6,17H,3-4,7H2,1-2H3,(H,18,20). The van der Waals surface area contributed by atoms with E-state index in [0.29, 0.717) is 25.6 Å². The van der Waals surface area contributed by atoms with Crippen LogP contribution in [-0.4, -0.2) is 32.1 Å². The summed E-state index contributed by atoms with van der Waals surface area (Å²) >= 11 is 0. The van der Waals surface area contributed by atoms with E-state index in [-0.39, 0.29) is 11.6 Å². The fraction of sp³-hybridized carbons (Fsp3) is 0.429. The van der Waals surface area contributed by atoms with E-state index in [1.165, 1.54) is 0 Å². The predicted molar refractivity (Wildman–Crippen MR) is 71.9 cm³/mol. The first kappa shape index (κ1) is 15.4. The van der Waals surface area contributed by atoms with Crippen LogP contribution in [0.2, 0.25) is 0 Å². The molecule has 5 nitrogen and oxygen atoms in total. The van der Waals surface area contributed by atoms with Gasteiger partial charge >= 0.3 is 5.97 Å². The number of amides is 1. The number of esters is 1. The van der Waals surface area contributed by atoms with Crippen LogP contribution in [0.25, 0.3) is 0 Å². The van der Waals surface area contributed by atoms with Crippen molar-refractivity contribution < 1.29 is 23.1 Å². The van der Waals surface area contributed by atoms with Crippen molar-refractivity contribution in [3.05, 3.63) is 29.3 Å². The lowest BCUT2D eigenvalue weighted by Crippen LogP contribution is -2.35. The van der Waals surface area contributed by atoms with E-state index < -0.39 is 28.6 Å². The molecule has 2 N–H and O–H groups in total. The molecule has 1 saturated heterocycles. The van der Waals surface area contributed by atoms with E-state index in [4.69, 9.17) is 0 Å². The molecule has 1 fully saturated rings. The summed E-state index contributed by atoms with van der Waals surface area (Å²) < 4.78 is 31.7. The Balaban J connectivity index is 2.27. The minimum Gasteiger partial charge on any atom is -0.465 e. The molecule has 1 amide bonds. The summed E-state index contributed by atoms with van der Waals surface area (Å²) in [5.74, 6) is -3.29. The van der Waals surface area contributed by atoms with Gasteiger partial charge in [-0.05, 0) is 26.0 Å². The van der Waals surface area contributed by atoms with E-state index in [1.54, 1.807) is 6.92 Å². The lowest BCUT2D eigenvalue weighted by Gasteiger charge is -2.21. The van der Waals surface area contributed by atoms with Gasteiger partial charge in [-0.1, -0.05) is 0 Å². The molecule has 1 heterocycles. The smallest absolute Gasteiger partial charge is 0.340 e. The van der Waals surface area contributed by atoms with Crippen molar-refractivity contribution in [2.75, 3.05) is 25.5 Å². The topological polar surface area (TPSA) is 67.4 Å². The largest absolute Gasteiger partial charge is 0.465 e. The van der Waals surface area contributed by atoms with Crippen LogP contribution >= 0.6 is 0 Å². The van der Waals surface area contributed by atoms with Crippen molar-refractivity contribution in [1.82, 2.24) is 5.32 Å². The van der Waals surface area contributed by atoms with Gasteiger partial charge in [0.05, 0.1) is 23.8 Å². The molecule has 0 radical (unpaired) electrons. The second-order valence-electron chi connectivity index (χ2n) is 5.25. The van der Waals surface area contributed by atoms with Gasteiger partial charge in [0.1, 0.15) is 11.6 Å². The molecule has 0 bridgehead atoms. The molecule has 0 aromatic heterocycles. The molecular weight excluding hydrogens is 282 g/mol. The Labute approximate surface area is 120 Å². The Morgan fingerprint density at radius 1 is 1.33 bits per heavy atom. The lowest BCUT2D eigenvalue weighted by molar-refractivity contribution is -0.123. The van der Waals surface area contributed by atoms with Crippen molar-refractivity contribution in [3.8, 4) is 0 Å². The van der Waals surface area contributed by atoms with E-state index in [0.717, 1.165) is 13.2 Å². The molecular formula is C14H16F2N2O3. The van der Waals surface area contributed by atoms with Crippen molar-refractivity contribution >= 4 is 17.6 Å². The quantitative estimate of drug-likeness (QED) is 0.833. The van der Waals surface area contributed by atoms with Crippen LogP contribution in [0.15, 0.2) is 12.1 Å². The second-order valence-corrected chi connectivity index (χ2v) is 5.25. The molecule has 7 heteroatoms. The molecule has 1 atom stereocenters. The van der Waals surface area contributed by atoms with E-state index in [9.17, 15) is 18.4 Å². The number of hydrogen-bond donors (Lipinski definition) is 2. The molecule has 1 aliphatic heterocycles. The van der Waals surface area contributed by atoms with E-state index in [1.807, 2.05) is 0 Å². The van der Waals surface area contributed by atoms with Crippen LogP contribution in [0.3, 0.4) is 0 Å². The van der Waals surface area contributed by atoms with Gasteiger partial charge in [-0.25, -0.2) is 13.6 Å². The van der Waals surface area contributed by atoms with Crippen molar-refractivity contribution in [1.29, 1.82) is 0 Å². The number of benzene rings is 1. The third-order valence-corrected chi connectivity index (χ3v) is 3.63. The molecule has 114 valence electrons. The van der Waals surface area contributed by atoms with Gasteiger partial charge in [0.15, 0.2) is 0 Å². The molecule has 0 aliphatic carbocycles. The van der Waals surface area contributed by atoms with Gasteiger partial charge in [-0.2, -0.15) is 0 Å². The molecule has 2 rings (SSSR count). The Kier molecular flexibility index (Phi) is 4.22. The van der Waals surface area contributed by atoms with Gasteiger partial charge in [0.2, 0.25) is 5.91 Å². The highest BCUT2D eigenvalue weighted by atomic mass is 19.1. The third kappa shape index (κ3) is 3.02. The van der Waals surface area contributed by atoms with Crippen LogP contribution in [0.4, 0.5) is 14.5 Å². The number of methoxy groups -OCH3 is 1. The number of halogens is 2. The summed E-state index contributed by atoms with van der Waals surface area (Å²) in [7, 11) is 1.09. The molecule has 1 aromatic rings. The van der Waals surface area contributed by atoms with Crippen LogP contribution in [0, 0.1) is 17.0 Å². The van der Waals surface area contributed by atoms with E-state index >= 15 is 0 Å². The molecule has 0 spiro atoms. The van der Waals surface area contributed by atoms with Crippen LogP contribution in [0.1, 0.15) is 23.7 Å².